The standard InChI is InChI=1S/C29H41BrN9O4Si/c1-29(2,3)43-28(40)31-9-8-20-6-7-22-23(16-20)38(19-42-14-15-44(4)5)24(34-22)18-32-26-36-27(37-10-12-41-13-11-37)35-25-21(30)17-33-39(25)26/h6-7,16-17H,8-15,18-19H2,1-5H3,(H,31,40)(H,32,35,36). The highest BCUT2D eigenvalue weighted by Gasteiger charge is 2.20. The summed E-state index contributed by atoms with van der Waals surface area (Å²) in [5, 5.41) is 10.8. The van der Waals surface area contributed by atoms with E-state index in [2.05, 4.69) is 60.3 Å². The summed E-state index contributed by atoms with van der Waals surface area (Å²) in [6, 6.07) is 7.25. The number of aromatic nitrogens is 6. The van der Waals surface area contributed by atoms with Crippen LogP contribution in [-0.4, -0.2) is 89.1 Å². The molecular weight excluding hydrogens is 646 g/mol. The monoisotopic (exact) mass is 686 g/mol. The molecule has 5 rings (SSSR count). The average molecular weight is 688 g/mol. The molecule has 0 atom stereocenters. The van der Waals surface area contributed by atoms with Gasteiger partial charge in [-0.25, -0.2) is 9.78 Å². The van der Waals surface area contributed by atoms with E-state index in [1.165, 1.54) is 0 Å². The molecule has 4 aromatic rings. The molecule has 44 heavy (non-hydrogen) atoms. The van der Waals surface area contributed by atoms with Gasteiger partial charge in [0.05, 0.1) is 41.5 Å². The van der Waals surface area contributed by atoms with Crippen molar-refractivity contribution in [3.8, 4) is 0 Å². The minimum Gasteiger partial charge on any atom is -0.444 e. The maximum Gasteiger partial charge on any atom is 0.407 e. The van der Waals surface area contributed by atoms with Crippen molar-refractivity contribution in [3.63, 3.8) is 0 Å². The van der Waals surface area contributed by atoms with Crippen LogP contribution in [0.25, 0.3) is 16.7 Å². The Bertz CT molecular complexity index is 1580. The van der Waals surface area contributed by atoms with Crippen molar-refractivity contribution in [2.24, 2.45) is 0 Å². The van der Waals surface area contributed by atoms with Gasteiger partial charge in [0, 0.05) is 35.0 Å². The van der Waals surface area contributed by atoms with Crippen molar-refractivity contribution in [3.05, 3.63) is 40.3 Å². The fourth-order valence-electron chi connectivity index (χ4n) is 4.72. The van der Waals surface area contributed by atoms with E-state index in [9.17, 15) is 4.79 Å². The molecular formula is C29H41BrN9O4Si. The van der Waals surface area contributed by atoms with Gasteiger partial charge in [-0.15, -0.1) is 0 Å². The summed E-state index contributed by atoms with van der Waals surface area (Å²) in [7, 11) is -0.386. The summed E-state index contributed by atoms with van der Waals surface area (Å²) in [5.74, 6) is 2.01. The number of imidazole rings is 1. The van der Waals surface area contributed by atoms with Crippen LogP contribution < -0.4 is 15.5 Å². The van der Waals surface area contributed by atoms with Gasteiger partial charge in [-0.3, -0.25) is 0 Å². The molecule has 4 heterocycles. The lowest BCUT2D eigenvalue weighted by molar-refractivity contribution is 0.0528. The number of hydrogen-bond donors (Lipinski definition) is 2. The van der Waals surface area contributed by atoms with Gasteiger partial charge in [0.15, 0.2) is 5.65 Å². The second-order valence-corrected chi connectivity index (χ2v) is 15.7. The number of carbonyl (C=O) groups excluding carboxylic acids is 1. The van der Waals surface area contributed by atoms with E-state index in [4.69, 9.17) is 29.2 Å². The van der Waals surface area contributed by atoms with E-state index in [0.29, 0.717) is 63.6 Å². The number of benzene rings is 1. The second kappa shape index (κ2) is 14.2. The van der Waals surface area contributed by atoms with Crippen molar-refractivity contribution in [2.45, 2.75) is 65.2 Å². The fraction of sp³-hybridized carbons (Fsp3) is 0.552. The molecule has 0 aliphatic carbocycles. The van der Waals surface area contributed by atoms with Gasteiger partial charge in [-0.1, -0.05) is 19.2 Å². The quantitative estimate of drug-likeness (QED) is 0.162. The molecule has 1 radical (unpaired) electrons. The van der Waals surface area contributed by atoms with E-state index < -0.39 is 11.7 Å². The van der Waals surface area contributed by atoms with Gasteiger partial charge in [0.2, 0.25) is 11.9 Å². The first-order valence-corrected chi connectivity index (χ1v) is 18.4. The number of anilines is 2. The smallest absolute Gasteiger partial charge is 0.407 e. The van der Waals surface area contributed by atoms with Crippen LogP contribution in [0.15, 0.2) is 28.9 Å². The van der Waals surface area contributed by atoms with Crippen molar-refractivity contribution in [2.75, 3.05) is 49.7 Å². The number of amides is 1. The van der Waals surface area contributed by atoms with Crippen LogP contribution in [0.2, 0.25) is 19.1 Å². The van der Waals surface area contributed by atoms with Crippen molar-refractivity contribution >= 4 is 59.4 Å². The zero-order valence-electron chi connectivity index (χ0n) is 26.0. The molecule has 0 bridgehead atoms. The Morgan fingerprint density at radius 2 is 1.95 bits per heavy atom. The molecule has 237 valence electrons. The lowest BCUT2D eigenvalue weighted by atomic mass is 10.1. The summed E-state index contributed by atoms with van der Waals surface area (Å²) in [6.45, 7) is 14.8. The lowest BCUT2D eigenvalue weighted by Crippen LogP contribution is -2.37. The first-order valence-electron chi connectivity index (χ1n) is 14.9. The highest BCUT2D eigenvalue weighted by molar-refractivity contribution is 9.10. The van der Waals surface area contributed by atoms with E-state index in [1.54, 1.807) is 10.7 Å². The van der Waals surface area contributed by atoms with E-state index in [0.717, 1.165) is 46.0 Å². The summed E-state index contributed by atoms with van der Waals surface area (Å²) < 4.78 is 21.6. The summed E-state index contributed by atoms with van der Waals surface area (Å²) >= 11 is 3.57. The number of hydrogen-bond acceptors (Lipinski definition) is 10. The molecule has 1 aliphatic heterocycles. The number of carbonyl (C=O) groups is 1. The average Bonchev–Trinajstić information content (AvgIpc) is 3.53. The first-order chi connectivity index (χ1) is 21.1. The SMILES string of the molecule is C[Si](C)CCOCn1c(CNc2nc(N3CCOCC3)nc3c(Br)cnn23)nc2ccc(CCNC(=O)OC(C)(C)C)cc21. The number of morpholine rings is 1. The third kappa shape index (κ3) is 8.25. The van der Waals surface area contributed by atoms with Crippen LogP contribution in [0.3, 0.4) is 0 Å². The Kier molecular flexibility index (Phi) is 10.4. The van der Waals surface area contributed by atoms with E-state index in [1.807, 2.05) is 32.9 Å². The first kappa shape index (κ1) is 32.1. The molecule has 3 aromatic heterocycles. The van der Waals surface area contributed by atoms with Gasteiger partial charge in [0.25, 0.3) is 0 Å². The van der Waals surface area contributed by atoms with Crippen LogP contribution in [0, 0.1) is 0 Å². The van der Waals surface area contributed by atoms with Gasteiger partial charge >= 0.3 is 6.09 Å². The van der Waals surface area contributed by atoms with E-state index >= 15 is 0 Å². The van der Waals surface area contributed by atoms with Crippen molar-refractivity contribution < 1.29 is 19.0 Å². The van der Waals surface area contributed by atoms with Crippen molar-refractivity contribution in [1.82, 2.24) is 34.4 Å². The summed E-state index contributed by atoms with van der Waals surface area (Å²) in [5.41, 5.74) is 3.07. The molecule has 0 saturated carbocycles. The molecule has 2 N–H and O–H groups in total. The van der Waals surface area contributed by atoms with Crippen LogP contribution in [-0.2, 0) is 33.9 Å². The lowest BCUT2D eigenvalue weighted by Gasteiger charge is -2.27. The largest absolute Gasteiger partial charge is 0.444 e. The number of nitrogens with zero attached hydrogens (tertiary/aromatic N) is 7. The van der Waals surface area contributed by atoms with Gasteiger partial charge < -0.3 is 34.3 Å². The highest BCUT2D eigenvalue weighted by atomic mass is 79.9. The normalized spacial score (nSPS) is 14.1. The predicted molar refractivity (Wildman–Crippen MR) is 175 cm³/mol. The Hall–Kier alpha value is -3.27. The fourth-order valence-corrected chi connectivity index (χ4v) is 5.63. The number of rotatable bonds is 12. The Labute approximate surface area is 267 Å². The number of nitrogens with one attached hydrogen (secondary N) is 2. The third-order valence-corrected chi connectivity index (χ3v) is 8.72. The van der Waals surface area contributed by atoms with Crippen LogP contribution in [0.1, 0.15) is 32.2 Å². The third-order valence-electron chi connectivity index (χ3n) is 6.95. The van der Waals surface area contributed by atoms with E-state index in [-0.39, 0.29) is 8.80 Å². The summed E-state index contributed by atoms with van der Waals surface area (Å²) in [6.07, 6.45) is 1.96. The van der Waals surface area contributed by atoms with Crippen LogP contribution in [0.5, 0.6) is 0 Å². The number of alkyl carbamates (subject to hydrolysis) is 1. The zero-order chi connectivity index (χ0) is 31.3. The van der Waals surface area contributed by atoms with Gasteiger partial charge in [-0.05, 0) is 66.9 Å². The Morgan fingerprint density at radius 3 is 2.70 bits per heavy atom. The molecule has 1 fully saturated rings. The molecule has 1 aromatic carbocycles. The molecule has 15 heteroatoms. The van der Waals surface area contributed by atoms with Crippen molar-refractivity contribution in [1.29, 1.82) is 0 Å². The maximum atomic E-state index is 12.1. The molecule has 0 spiro atoms. The second-order valence-electron chi connectivity index (χ2n) is 12.0. The van der Waals surface area contributed by atoms with Crippen LogP contribution in [0.4, 0.5) is 16.7 Å². The minimum absolute atomic E-state index is 0.383. The number of ether oxygens (including phenoxy) is 3. The number of fused-ring (bicyclic) bond motifs is 2. The Morgan fingerprint density at radius 1 is 1.16 bits per heavy atom. The molecule has 0 unspecified atom stereocenters. The highest BCUT2D eigenvalue weighted by Crippen LogP contribution is 2.24. The maximum absolute atomic E-state index is 12.1. The zero-order valence-corrected chi connectivity index (χ0v) is 28.6. The predicted octanol–water partition coefficient (Wildman–Crippen LogP) is 4.48. The van der Waals surface area contributed by atoms with Gasteiger partial charge in [-0.2, -0.15) is 19.6 Å². The molecule has 1 aliphatic rings. The molecule has 13 nitrogen and oxygen atoms in total. The minimum atomic E-state index is -0.535. The van der Waals surface area contributed by atoms with Gasteiger partial charge in [0.1, 0.15) is 18.2 Å². The molecule has 1 saturated heterocycles. The topological polar surface area (TPSA) is 133 Å². The Balaban J connectivity index is 1.37. The number of halogens is 1. The summed E-state index contributed by atoms with van der Waals surface area (Å²) in [4.78, 5) is 28.8. The van der Waals surface area contributed by atoms with Crippen LogP contribution >= 0.6 is 15.9 Å². The molecule has 1 amide bonds.